The highest BCUT2D eigenvalue weighted by atomic mass is 16.2. The second kappa shape index (κ2) is 6.39. The smallest absolute Gasteiger partial charge is 0.275 e. The Bertz CT molecular complexity index is 745. The molecule has 0 unspecified atom stereocenters. The SMILES string of the molecule is Cc1ccccc1/C=C1\N=C(CCc2ccccc2)NC1=O. The molecular weight excluding hydrogens is 272 g/mol. The average molecular weight is 290 g/mol. The molecule has 3 nitrogen and oxygen atoms in total. The maximum atomic E-state index is 12.0. The number of hydrogen-bond donors (Lipinski definition) is 1. The van der Waals surface area contributed by atoms with E-state index in [1.807, 2.05) is 55.5 Å². The maximum absolute atomic E-state index is 12.0. The second-order valence-electron chi connectivity index (χ2n) is 5.38. The molecule has 0 bridgehead atoms. The summed E-state index contributed by atoms with van der Waals surface area (Å²) >= 11 is 0. The zero-order valence-electron chi connectivity index (χ0n) is 12.5. The van der Waals surface area contributed by atoms with Crippen LogP contribution in [0.15, 0.2) is 65.3 Å². The summed E-state index contributed by atoms with van der Waals surface area (Å²) in [6, 6.07) is 18.2. The molecule has 0 atom stereocenters. The van der Waals surface area contributed by atoms with Gasteiger partial charge in [0.25, 0.3) is 5.91 Å². The number of amidine groups is 1. The highest BCUT2D eigenvalue weighted by Crippen LogP contribution is 2.16. The fourth-order valence-corrected chi connectivity index (χ4v) is 2.44. The van der Waals surface area contributed by atoms with Gasteiger partial charge in [-0.15, -0.1) is 0 Å². The number of carbonyl (C=O) groups excluding carboxylic acids is 1. The van der Waals surface area contributed by atoms with E-state index in [9.17, 15) is 4.79 Å². The fourth-order valence-electron chi connectivity index (χ4n) is 2.44. The molecule has 1 amide bonds. The standard InChI is InChI=1S/C19H18N2O/c1-14-7-5-6-10-16(14)13-17-19(22)21-18(20-17)12-11-15-8-3-2-4-9-15/h2-10,13H,11-12H2,1H3,(H,20,21,22)/b17-13-. The van der Waals surface area contributed by atoms with Crippen molar-refractivity contribution in [2.45, 2.75) is 19.8 Å². The summed E-state index contributed by atoms with van der Waals surface area (Å²) in [5.41, 5.74) is 3.89. The Morgan fingerprint density at radius 3 is 2.50 bits per heavy atom. The van der Waals surface area contributed by atoms with Crippen molar-refractivity contribution in [1.29, 1.82) is 0 Å². The van der Waals surface area contributed by atoms with Crippen LogP contribution < -0.4 is 5.32 Å². The summed E-state index contributed by atoms with van der Waals surface area (Å²) in [6.07, 6.45) is 3.46. The van der Waals surface area contributed by atoms with Crippen molar-refractivity contribution in [2.24, 2.45) is 4.99 Å². The summed E-state index contributed by atoms with van der Waals surface area (Å²) in [6.45, 7) is 2.03. The fraction of sp³-hybridized carbons (Fsp3) is 0.158. The Morgan fingerprint density at radius 1 is 1.00 bits per heavy atom. The summed E-state index contributed by atoms with van der Waals surface area (Å²) < 4.78 is 0. The molecule has 0 spiro atoms. The van der Waals surface area contributed by atoms with Crippen LogP contribution in [0.25, 0.3) is 6.08 Å². The van der Waals surface area contributed by atoms with Crippen LogP contribution in [0.5, 0.6) is 0 Å². The van der Waals surface area contributed by atoms with E-state index in [0.717, 1.165) is 29.8 Å². The number of benzene rings is 2. The van der Waals surface area contributed by atoms with Crippen LogP contribution in [0, 0.1) is 6.92 Å². The minimum atomic E-state index is -0.119. The highest BCUT2D eigenvalue weighted by Gasteiger charge is 2.19. The van der Waals surface area contributed by atoms with Gasteiger partial charge < -0.3 is 5.32 Å². The maximum Gasteiger partial charge on any atom is 0.275 e. The summed E-state index contributed by atoms with van der Waals surface area (Å²) in [5, 5.41) is 2.86. The Kier molecular flexibility index (Phi) is 4.15. The van der Waals surface area contributed by atoms with Gasteiger partial charge in [0.1, 0.15) is 11.5 Å². The average Bonchev–Trinajstić information content (AvgIpc) is 2.89. The molecule has 1 N–H and O–H groups in total. The summed E-state index contributed by atoms with van der Waals surface area (Å²) in [4.78, 5) is 16.5. The van der Waals surface area contributed by atoms with Crippen molar-refractivity contribution in [3.63, 3.8) is 0 Å². The number of rotatable bonds is 4. The van der Waals surface area contributed by atoms with Gasteiger partial charge in [-0.3, -0.25) is 4.79 Å². The second-order valence-corrected chi connectivity index (χ2v) is 5.38. The van der Waals surface area contributed by atoms with E-state index >= 15 is 0 Å². The van der Waals surface area contributed by atoms with E-state index in [2.05, 4.69) is 22.4 Å². The van der Waals surface area contributed by atoms with Gasteiger partial charge in [0.05, 0.1) is 0 Å². The zero-order chi connectivity index (χ0) is 15.4. The molecule has 110 valence electrons. The van der Waals surface area contributed by atoms with Gasteiger partial charge in [0.2, 0.25) is 0 Å². The van der Waals surface area contributed by atoms with E-state index in [4.69, 9.17) is 0 Å². The first kappa shape index (κ1) is 14.3. The van der Waals surface area contributed by atoms with Gasteiger partial charge in [-0.25, -0.2) is 4.99 Å². The first-order valence-corrected chi connectivity index (χ1v) is 7.42. The van der Waals surface area contributed by atoms with E-state index in [0.29, 0.717) is 5.70 Å². The predicted octanol–water partition coefficient (Wildman–Crippen LogP) is 3.50. The number of nitrogens with zero attached hydrogens (tertiary/aromatic N) is 1. The number of carbonyl (C=O) groups is 1. The molecule has 3 heteroatoms. The van der Waals surface area contributed by atoms with Gasteiger partial charge in [0, 0.05) is 6.42 Å². The van der Waals surface area contributed by atoms with Crippen molar-refractivity contribution in [3.05, 3.63) is 77.0 Å². The van der Waals surface area contributed by atoms with Crippen molar-refractivity contribution >= 4 is 17.8 Å². The van der Waals surface area contributed by atoms with Crippen molar-refractivity contribution in [3.8, 4) is 0 Å². The molecule has 2 aromatic rings. The normalized spacial score (nSPS) is 15.8. The molecule has 0 fully saturated rings. The summed E-state index contributed by atoms with van der Waals surface area (Å²) in [7, 11) is 0. The Labute approximate surface area is 130 Å². The molecular formula is C19H18N2O. The molecule has 0 saturated carbocycles. The lowest BCUT2D eigenvalue weighted by molar-refractivity contribution is -0.115. The van der Waals surface area contributed by atoms with Gasteiger partial charge in [-0.05, 0) is 36.1 Å². The molecule has 0 aliphatic carbocycles. The third-order valence-corrected chi connectivity index (χ3v) is 3.72. The molecule has 2 aromatic carbocycles. The van der Waals surface area contributed by atoms with Crippen LogP contribution in [0.2, 0.25) is 0 Å². The van der Waals surface area contributed by atoms with Gasteiger partial charge in [-0.2, -0.15) is 0 Å². The third-order valence-electron chi connectivity index (χ3n) is 3.72. The molecule has 0 saturated heterocycles. The largest absolute Gasteiger partial charge is 0.309 e. The lowest BCUT2D eigenvalue weighted by Gasteiger charge is -2.00. The number of amides is 1. The van der Waals surface area contributed by atoms with Crippen LogP contribution >= 0.6 is 0 Å². The van der Waals surface area contributed by atoms with E-state index in [1.165, 1.54) is 5.56 Å². The molecule has 0 aromatic heterocycles. The molecule has 3 rings (SSSR count). The lowest BCUT2D eigenvalue weighted by atomic mass is 10.1. The molecule has 1 aliphatic heterocycles. The van der Waals surface area contributed by atoms with Crippen LogP contribution in [0.3, 0.4) is 0 Å². The van der Waals surface area contributed by atoms with Crippen molar-refractivity contribution in [1.82, 2.24) is 5.32 Å². The molecule has 1 heterocycles. The quantitative estimate of drug-likeness (QED) is 0.860. The molecule has 1 aliphatic rings. The van der Waals surface area contributed by atoms with E-state index < -0.39 is 0 Å². The Hall–Kier alpha value is -2.68. The molecule has 0 radical (unpaired) electrons. The van der Waals surface area contributed by atoms with Crippen LogP contribution in [-0.4, -0.2) is 11.7 Å². The van der Waals surface area contributed by atoms with Crippen LogP contribution in [0.1, 0.15) is 23.1 Å². The highest BCUT2D eigenvalue weighted by molar-refractivity contribution is 6.14. The lowest BCUT2D eigenvalue weighted by Crippen LogP contribution is -2.24. The minimum absolute atomic E-state index is 0.119. The first-order valence-electron chi connectivity index (χ1n) is 7.42. The zero-order valence-corrected chi connectivity index (χ0v) is 12.5. The topological polar surface area (TPSA) is 41.5 Å². The number of aryl methyl sites for hydroxylation is 2. The van der Waals surface area contributed by atoms with Crippen LogP contribution in [0.4, 0.5) is 0 Å². The number of aliphatic imine (C=N–C) groups is 1. The van der Waals surface area contributed by atoms with E-state index in [1.54, 1.807) is 0 Å². The Morgan fingerprint density at radius 2 is 1.73 bits per heavy atom. The number of hydrogen-bond acceptors (Lipinski definition) is 2. The first-order chi connectivity index (χ1) is 10.7. The summed E-state index contributed by atoms with van der Waals surface area (Å²) in [5.74, 6) is 0.625. The number of nitrogens with one attached hydrogen (secondary N) is 1. The predicted molar refractivity (Wildman–Crippen MR) is 89.5 cm³/mol. The monoisotopic (exact) mass is 290 g/mol. The van der Waals surface area contributed by atoms with Gasteiger partial charge in [-0.1, -0.05) is 54.6 Å². The van der Waals surface area contributed by atoms with Crippen LogP contribution in [-0.2, 0) is 11.2 Å². The molecule has 22 heavy (non-hydrogen) atoms. The van der Waals surface area contributed by atoms with Gasteiger partial charge >= 0.3 is 0 Å². The third kappa shape index (κ3) is 3.31. The van der Waals surface area contributed by atoms with E-state index in [-0.39, 0.29) is 5.91 Å². The van der Waals surface area contributed by atoms with Crippen molar-refractivity contribution < 1.29 is 4.79 Å². The Balaban J connectivity index is 1.73. The van der Waals surface area contributed by atoms with Crippen molar-refractivity contribution in [2.75, 3.05) is 0 Å². The van der Waals surface area contributed by atoms with Gasteiger partial charge in [0.15, 0.2) is 0 Å². The minimum Gasteiger partial charge on any atom is -0.309 e.